The maximum absolute atomic E-state index is 10.9. The molecule has 0 aliphatic rings. The number of amides is 1. The van der Waals surface area contributed by atoms with Crippen LogP contribution in [-0.2, 0) is 6.54 Å². The molecule has 1 rings (SSSR count). The fraction of sp³-hybridized carbons (Fsp3) is 0.600. The van der Waals surface area contributed by atoms with Crippen molar-refractivity contribution >= 4 is 5.91 Å². The van der Waals surface area contributed by atoms with Gasteiger partial charge in [-0.2, -0.15) is 0 Å². The highest BCUT2D eigenvalue weighted by molar-refractivity contribution is 5.92. The molecule has 0 radical (unpaired) electrons. The molecule has 0 aromatic carbocycles. The summed E-state index contributed by atoms with van der Waals surface area (Å²) in [6.45, 7) is 3.26. The van der Waals surface area contributed by atoms with E-state index in [-0.39, 0.29) is 22.9 Å². The first-order valence-corrected chi connectivity index (χ1v) is 7.03. The molecule has 19 heavy (non-hydrogen) atoms. The Morgan fingerprint density at radius 2 is 1.58 bits per heavy atom. The van der Waals surface area contributed by atoms with Crippen LogP contribution < -0.4 is 27.3 Å². The van der Waals surface area contributed by atoms with Crippen LogP contribution in [0.3, 0.4) is 0 Å². The van der Waals surface area contributed by atoms with Crippen molar-refractivity contribution in [1.29, 1.82) is 0 Å². The zero-order chi connectivity index (χ0) is 13.2. The molecule has 0 spiro atoms. The number of primary amides is 1. The number of aryl methyl sites for hydroxylation is 1. The Morgan fingerprint density at radius 3 is 2.11 bits per heavy atom. The van der Waals surface area contributed by atoms with E-state index in [2.05, 4.69) is 11.5 Å². The Balaban J connectivity index is 0.00000324. The topological polar surface area (TPSA) is 47.0 Å². The maximum Gasteiger partial charge on any atom is 0.249 e. The van der Waals surface area contributed by atoms with Crippen LogP contribution >= 0.6 is 0 Å². The van der Waals surface area contributed by atoms with Gasteiger partial charge in [-0.25, -0.2) is 4.57 Å². The SMILES string of the molecule is CCCCCCCCC[n+]1ccc(C(N)=O)cc1.[Br-]. The summed E-state index contributed by atoms with van der Waals surface area (Å²) in [4.78, 5) is 10.9. The van der Waals surface area contributed by atoms with E-state index >= 15 is 0 Å². The van der Waals surface area contributed by atoms with E-state index in [4.69, 9.17) is 5.73 Å². The smallest absolute Gasteiger partial charge is 0.249 e. The van der Waals surface area contributed by atoms with Crippen molar-refractivity contribution in [3.05, 3.63) is 30.1 Å². The molecule has 0 atom stereocenters. The van der Waals surface area contributed by atoms with Gasteiger partial charge in [-0.05, 0) is 6.42 Å². The van der Waals surface area contributed by atoms with Gasteiger partial charge in [0.05, 0.1) is 5.56 Å². The Bertz CT molecular complexity index is 352. The number of unbranched alkanes of at least 4 members (excludes halogenated alkanes) is 6. The number of nitrogens with two attached hydrogens (primary N) is 1. The third-order valence-corrected chi connectivity index (χ3v) is 3.20. The first kappa shape index (κ1) is 18.1. The lowest BCUT2D eigenvalue weighted by atomic mass is 10.1. The molecule has 0 saturated heterocycles. The molecule has 4 heteroatoms. The molecule has 0 fully saturated rings. The lowest BCUT2D eigenvalue weighted by Crippen LogP contribution is -3.00. The number of hydrogen-bond donors (Lipinski definition) is 1. The molecule has 1 aromatic heterocycles. The summed E-state index contributed by atoms with van der Waals surface area (Å²) in [5, 5.41) is 0. The second-order valence-electron chi connectivity index (χ2n) is 4.81. The first-order chi connectivity index (χ1) is 8.74. The minimum atomic E-state index is -0.363. The molecule has 1 aromatic rings. The summed E-state index contributed by atoms with van der Waals surface area (Å²) in [5.41, 5.74) is 5.77. The van der Waals surface area contributed by atoms with Crippen LogP contribution in [-0.4, -0.2) is 5.91 Å². The molecule has 2 N–H and O–H groups in total. The molecule has 1 heterocycles. The van der Waals surface area contributed by atoms with E-state index < -0.39 is 0 Å². The van der Waals surface area contributed by atoms with Crippen molar-refractivity contribution in [3.8, 4) is 0 Å². The van der Waals surface area contributed by atoms with E-state index in [1.54, 1.807) is 12.1 Å². The highest BCUT2D eigenvalue weighted by atomic mass is 79.9. The van der Waals surface area contributed by atoms with E-state index in [1.807, 2.05) is 12.4 Å². The molecule has 0 saturated carbocycles. The monoisotopic (exact) mass is 328 g/mol. The number of rotatable bonds is 9. The highest BCUT2D eigenvalue weighted by Gasteiger charge is 2.04. The van der Waals surface area contributed by atoms with E-state index in [0.717, 1.165) is 6.54 Å². The molecule has 0 unspecified atom stereocenters. The van der Waals surface area contributed by atoms with Gasteiger partial charge in [-0.1, -0.05) is 39.0 Å². The number of nitrogens with zero attached hydrogens (tertiary/aromatic N) is 1. The number of hydrogen-bond acceptors (Lipinski definition) is 1. The summed E-state index contributed by atoms with van der Waals surface area (Å²) in [5.74, 6) is -0.363. The summed E-state index contributed by atoms with van der Waals surface area (Å²) in [6.07, 6.45) is 13.1. The van der Waals surface area contributed by atoms with Crippen molar-refractivity contribution in [3.63, 3.8) is 0 Å². The molecule has 108 valence electrons. The Labute approximate surface area is 127 Å². The second kappa shape index (κ2) is 11.0. The minimum absolute atomic E-state index is 0. The van der Waals surface area contributed by atoms with Crippen LogP contribution in [0.4, 0.5) is 0 Å². The number of pyridine rings is 1. The third-order valence-electron chi connectivity index (χ3n) is 3.20. The van der Waals surface area contributed by atoms with Gasteiger partial charge in [0.2, 0.25) is 5.91 Å². The summed E-state index contributed by atoms with van der Waals surface area (Å²) in [6, 6.07) is 3.56. The number of halogens is 1. The van der Waals surface area contributed by atoms with Crippen LogP contribution in [0.25, 0.3) is 0 Å². The third kappa shape index (κ3) is 7.98. The van der Waals surface area contributed by atoms with Crippen molar-refractivity contribution in [2.24, 2.45) is 5.73 Å². The molecule has 0 aliphatic carbocycles. The molecule has 3 nitrogen and oxygen atoms in total. The maximum atomic E-state index is 10.9. The Hall–Kier alpha value is -0.900. The van der Waals surface area contributed by atoms with Gasteiger partial charge in [0.1, 0.15) is 6.54 Å². The van der Waals surface area contributed by atoms with Crippen LogP contribution in [0, 0.1) is 0 Å². The molecular weight excluding hydrogens is 304 g/mol. The molecular formula is C15H25BrN2O. The van der Waals surface area contributed by atoms with Gasteiger partial charge in [0.25, 0.3) is 0 Å². The minimum Gasteiger partial charge on any atom is -1.00 e. The Kier molecular flexibility index (Phi) is 10.5. The van der Waals surface area contributed by atoms with Crippen molar-refractivity contribution in [1.82, 2.24) is 0 Å². The number of aromatic nitrogens is 1. The average Bonchev–Trinajstić information content (AvgIpc) is 2.38. The second-order valence-corrected chi connectivity index (χ2v) is 4.81. The largest absolute Gasteiger partial charge is 1.00 e. The lowest BCUT2D eigenvalue weighted by Gasteiger charge is -2.00. The summed E-state index contributed by atoms with van der Waals surface area (Å²) in [7, 11) is 0. The zero-order valence-corrected chi connectivity index (χ0v) is 13.4. The lowest BCUT2D eigenvalue weighted by molar-refractivity contribution is -0.697. The van der Waals surface area contributed by atoms with E-state index in [9.17, 15) is 4.79 Å². The first-order valence-electron chi connectivity index (χ1n) is 7.03. The van der Waals surface area contributed by atoms with Gasteiger partial charge in [-0.15, -0.1) is 0 Å². The number of carbonyl (C=O) groups excluding carboxylic acids is 1. The Morgan fingerprint density at radius 1 is 1.05 bits per heavy atom. The summed E-state index contributed by atoms with van der Waals surface area (Å²) < 4.78 is 2.11. The fourth-order valence-electron chi connectivity index (χ4n) is 2.02. The van der Waals surface area contributed by atoms with Crippen LogP contribution in [0.2, 0.25) is 0 Å². The van der Waals surface area contributed by atoms with Gasteiger partial charge < -0.3 is 22.7 Å². The zero-order valence-electron chi connectivity index (χ0n) is 11.8. The molecule has 0 bridgehead atoms. The van der Waals surface area contributed by atoms with Gasteiger partial charge in [0, 0.05) is 18.6 Å². The van der Waals surface area contributed by atoms with Gasteiger partial charge >= 0.3 is 0 Å². The quantitative estimate of drug-likeness (QED) is 0.496. The molecule has 0 aliphatic heterocycles. The highest BCUT2D eigenvalue weighted by Crippen LogP contribution is 2.06. The van der Waals surface area contributed by atoms with E-state index in [1.165, 1.54) is 44.9 Å². The average molecular weight is 329 g/mol. The van der Waals surface area contributed by atoms with E-state index in [0.29, 0.717) is 5.56 Å². The van der Waals surface area contributed by atoms with Crippen LogP contribution in [0.1, 0.15) is 62.2 Å². The fourth-order valence-corrected chi connectivity index (χ4v) is 2.02. The van der Waals surface area contributed by atoms with Crippen LogP contribution in [0.5, 0.6) is 0 Å². The van der Waals surface area contributed by atoms with Crippen molar-refractivity contribution in [2.75, 3.05) is 0 Å². The van der Waals surface area contributed by atoms with Gasteiger partial charge in [-0.3, -0.25) is 4.79 Å². The van der Waals surface area contributed by atoms with Crippen molar-refractivity contribution in [2.45, 2.75) is 58.4 Å². The summed E-state index contributed by atoms with van der Waals surface area (Å²) >= 11 is 0. The molecule has 1 amide bonds. The van der Waals surface area contributed by atoms with Crippen molar-refractivity contribution < 1.29 is 26.3 Å². The predicted octanol–water partition coefficient (Wildman–Crippen LogP) is -0.172. The normalized spacial score (nSPS) is 9.95. The van der Waals surface area contributed by atoms with Crippen LogP contribution in [0.15, 0.2) is 24.5 Å². The van der Waals surface area contributed by atoms with Gasteiger partial charge in [0.15, 0.2) is 12.4 Å². The number of carbonyl (C=O) groups is 1. The predicted molar refractivity (Wildman–Crippen MR) is 73.1 cm³/mol. The standard InChI is InChI=1S/C15H24N2O.BrH/c1-2-3-4-5-6-7-8-11-17-12-9-14(10-13-17)15(16)18;/h9-10,12-13H,2-8,11H2,1H3,(H-,16,18);1H.